The quantitative estimate of drug-likeness (QED) is 0.442. The van der Waals surface area contributed by atoms with E-state index in [4.69, 9.17) is 4.74 Å². The van der Waals surface area contributed by atoms with E-state index < -0.39 is 6.09 Å². The van der Waals surface area contributed by atoms with E-state index in [-0.39, 0.29) is 17.5 Å². The molecule has 0 saturated carbocycles. The van der Waals surface area contributed by atoms with Gasteiger partial charge in [0.05, 0.1) is 18.7 Å². The minimum atomic E-state index is -0.788. The molecule has 3 saturated heterocycles. The van der Waals surface area contributed by atoms with Crippen LogP contribution >= 0.6 is 0 Å². The molecular formula is C31H42N2O3. The second-order valence-electron chi connectivity index (χ2n) is 11.7. The van der Waals surface area contributed by atoms with Gasteiger partial charge in [0.15, 0.2) is 0 Å². The molecule has 5 nitrogen and oxygen atoms in total. The van der Waals surface area contributed by atoms with Crippen molar-refractivity contribution < 1.29 is 14.6 Å². The molecule has 194 valence electrons. The van der Waals surface area contributed by atoms with Gasteiger partial charge < -0.3 is 14.7 Å². The van der Waals surface area contributed by atoms with Gasteiger partial charge in [-0.2, -0.15) is 0 Å². The molecule has 36 heavy (non-hydrogen) atoms. The van der Waals surface area contributed by atoms with Crippen molar-refractivity contribution in [3.63, 3.8) is 0 Å². The number of unbranched alkanes of at least 4 members (excludes halogenated alkanes) is 1. The van der Waals surface area contributed by atoms with Gasteiger partial charge in [-0.05, 0) is 97.8 Å². The Morgan fingerprint density at radius 2 is 1.86 bits per heavy atom. The molecule has 2 aromatic carbocycles. The molecule has 2 bridgehead atoms. The highest BCUT2D eigenvalue weighted by Gasteiger charge is 2.50. The smallest absolute Gasteiger partial charge is 0.408 e. The highest BCUT2D eigenvalue weighted by Crippen LogP contribution is 2.53. The van der Waals surface area contributed by atoms with Crippen molar-refractivity contribution in [3.8, 4) is 16.9 Å². The van der Waals surface area contributed by atoms with E-state index in [0.717, 1.165) is 67.8 Å². The summed E-state index contributed by atoms with van der Waals surface area (Å²) in [6.45, 7) is 12.4. The number of hydrogen-bond acceptors (Lipinski definition) is 3. The van der Waals surface area contributed by atoms with E-state index in [1.165, 1.54) is 24.0 Å². The van der Waals surface area contributed by atoms with E-state index in [1.54, 1.807) is 0 Å². The summed E-state index contributed by atoms with van der Waals surface area (Å²) in [5.41, 5.74) is 5.85. The van der Waals surface area contributed by atoms with Gasteiger partial charge in [0.25, 0.3) is 0 Å². The van der Waals surface area contributed by atoms with Gasteiger partial charge >= 0.3 is 6.09 Å². The highest BCUT2D eigenvalue weighted by atomic mass is 16.5. The van der Waals surface area contributed by atoms with Crippen LogP contribution in [0.4, 0.5) is 4.79 Å². The van der Waals surface area contributed by atoms with Crippen molar-refractivity contribution >= 4 is 6.09 Å². The summed E-state index contributed by atoms with van der Waals surface area (Å²) < 4.78 is 6.19. The predicted molar refractivity (Wildman–Crippen MR) is 145 cm³/mol. The Kier molecular flexibility index (Phi) is 7.04. The fourth-order valence-electron chi connectivity index (χ4n) is 7.01. The van der Waals surface area contributed by atoms with Crippen molar-refractivity contribution in [1.82, 2.24) is 9.80 Å². The lowest BCUT2D eigenvalue weighted by molar-refractivity contribution is -0.0267. The van der Waals surface area contributed by atoms with Gasteiger partial charge in [-0.1, -0.05) is 51.5 Å². The van der Waals surface area contributed by atoms with Crippen LogP contribution in [0.2, 0.25) is 0 Å². The number of aryl methyl sites for hydroxylation is 1. The maximum Gasteiger partial charge on any atom is 0.408 e. The lowest BCUT2D eigenvalue weighted by Gasteiger charge is -2.51. The lowest BCUT2D eigenvalue weighted by atomic mass is 9.79. The molecule has 6 rings (SSSR count). The molecule has 0 unspecified atom stereocenters. The summed E-state index contributed by atoms with van der Waals surface area (Å²) in [7, 11) is 0. The topological polar surface area (TPSA) is 53.0 Å². The highest BCUT2D eigenvalue weighted by molar-refractivity contribution is 5.74. The van der Waals surface area contributed by atoms with Crippen LogP contribution in [0.3, 0.4) is 0 Å². The molecule has 0 aromatic heterocycles. The molecule has 0 radical (unpaired) electrons. The number of rotatable bonds is 8. The van der Waals surface area contributed by atoms with Crippen LogP contribution in [-0.2, 0) is 12.8 Å². The number of piperidine rings is 3. The fraction of sp³-hybridized carbons (Fsp3) is 0.581. The zero-order chi connectivity index (χ0) is 25.4. The Hall–Kier alpha value is -2.53. The normalized spacial score (nSPS) is 26.0. The van der Waals surface area contributed by atoms with Crippen LogP contribution < -0.4 is 4.74 Å². The van der Waals surface area contributed by atoms with E-state index in [0.29, 0.717) is 12.5 Å². The molecule has 1 aliphatic carbocycles. The van der Waals surface area contributed by atoms with Gasteiger partial charge in [-0.3, -0.25) is 4.90 Å². The summed E-state index contributed by atoms with van der Waals surface area (Å²) in [5.74, 6) is 1.32. The standard InChI is InChI=1S/C31H42N2O3/c1-5-7-8-21-9-11-22(12-10-21)25-17-24-19-31(3,4)29(26(24)18-28(25)36-6-2)33(30(34)35)27-20-32-15-13-23(27)14-16-32/h9-12,17-18,23,27,29H,5-8,13-16,19-20H2,1-4H3,(H,34,35)/t27-,29+/m1/s1. The molecule has 5 heteroatoms. The Bertz CT molecular complexity index is 1090. The van der Waals surface area contributed by atoms with Crippen LogP contribution in [0.1, 0.15) is 76.1 Å². The van der Waals surface area contributed by atoms with Crippen molar-refractivity contribution in [3.05, 3.63) is 53.1 Å². The number of nitrogens with zero attached hydrogens (tertiary/aromatic N) is 2. The third-order valence-corrected chi connectivity index (χ3v) is 8.78. The number of amides is 1. The number of hydrogen-bond donors (Lipinski definition) is 1. The summed E-state index contributed by atoms with van der Waals surface area (Å²) in [5, 5.41) is 10.5. The molecule has 3 aliphatic heterocycles. The summed E-state index contributed by atoms with van der Waals surface area (Å²) in [6.07, 6.45) is 5.80. The Morgan fingerprint density at radius 3 is 2.44 bits per heavy atom. The first-order chi connectivity index (χ1) is 17.3. The van der Waals surface area contributed by atoms with Crippen molar-refractivity contribution in [1.29, 1.82) is 0 Å². The molecule has 4 aliphatic rings. The third-order valence-electron chi connectivity index (χ3n) is 8.78. The van der Waals surface area contributed by atoms with Gasteiger partial charge in [0, 0.05) is 12.1 Å². The Labute approximate surface area is 216 Å². The average molecular weight is 491 g/mol. The van der Waals surface area contributed by atoms with Gasteiger partial charge in [0.2, 0.25) is 0 Å². The monoisotopic (exact) mass is 490 g/mol. The predicted octanol–water partition coefficient (Wildman–Crippen LogP) is 6.79. The van der Waals surface area contributed by atoms with Gasteiger partial charge in [-0.15, -0.1) is 0 Å². The summed E-state index contributed by atoms with van der Waals surface area (Å²) >= 11 is 0. The molecule has 3 fully saturated rings. The second kappa shape index (κ2) is 10.1. The first-order valence-corrected chi connectivity index (χ1v) is 13.9. The molecule has 1 amide bonds. The third kappa shape index (κ3) is 4.63. The second-order valence-corrected chi connectivity index (χ2v) is 11.7. The zero-order valence-electron chi connectivity index (χ0n) is 22.4. The molecule has 0 spiro atoms. The van der Waals surface area contributed by atoms with Crippen molar-refractivity contribution in [2.24, 2.45) is 11.3 Å². The van der Waals surface area contributed by atoms with Crippen LogP contribution in [0.15, 0.2) is 36.4 Å². The van der Waals surface area contributed by atoms with Crippen LogP contribution in [0.5, 0.6) is 5.75 Å². The number of ether oxygens (including phenoxy) is 1. The molecule has 3 heterocycles. The van der Waals surface area contributed by atoms with E-state index in [2.05, 4.69) is 62.1 Å². The van der Waals surface area contributed by atoms with Crippen LogP contribution in [0, 0.1) is 11.3 Å². The van der Waals surface area contributed by atoms with Gasteiger partial charge in [0.1, 0.15) is 5.75 Å². The number of fused-ring (bicyclic) bond motifs is 4. The van der Waals surface area contributed by atoms with Crippen LogP contribution in [-0.4, -0.2) is 53.3 Å². The summed E-state index contributed by atoms with van der Waals surface area (Å²) in [6, 6.07) is 13.2. The molecule has 2 aromatic rings. The average Bonchev–Trinajstić information content (AvgIpc) is 3.12. The SMILES string of the molecule is CCCCc1ccc(-c2cc3c(cc2OCC)[C@H](N(C(=O)O)[C@@H]2CN4CCC2CC4)C(C)(C)C3)cc1. The first kappa shape index (κ1) is 25.1. The van der Waals surface area contributed by atoms with Crippen LogP contribution in [0.25, 0.3) is 11.1 Å². The largest absolute Gasteiger partial charge is 0.493 e. The minimum absolute atomic E-state index is 0.0612. The van der Waals surface area contributed by atoms with E-state index in [9.17, 15) is 9.90 Å². The maximum atomic E-state index is 12.8. The lowest BCUT2D eigenvalue weighted by Crippen LogP contribution is -2.60. The van der Waals surface area contributed by atoms with Gasteiger partial charge in [-0.25, -0.2) is 4.79 Å². The first-order valence-electron chi connectivity index (χ1n) is 13.9. The Morgan fingerprint density at radius 1 is 1.14 bits per heavy atom. The molecule has 2 atom stereocenters. The van der Waals surface area contributed by atoms with Crippen molar-refractivity contribution in [2.75, 3.05) is 26.2 Å². The van der Waals surface area contributed by atoms with Crippen molar-refractivity contribution in [2.45, 2.75) is 78.3 Å². The number of benzene rings is 2. The summed E-state index contributed by atoms with van der Waals surface area (Å²) in [4.78, 5) is 17.1. The zero-order valence-corrected chi connectivity index (χ0v) is 22.4. The molecular weight excluding hydrogens is 448 g/mol. The number of carboxylic acid groups (broad SMARTS) is 1. The fourth-order valence-corrected chi connectivity index (χ4v) is 7.01. The van der Waals surface area contributed by atoms with E-state index in [1.807, 2.05) is 11.8 Å². The Balaban J connectivity index is 1.53. The van der Waals surface area contributed by atoms with E-state index >= 15 is 0 Å². The minimum Gasteiger partial charge on any atom is -0.493 e. The maximum absolute atomic E-state index is 12.8. The number of carbonyl (C=O) groups is 1. The molecule has 1 N–H and O–H groups in total.